The molecule has 0 saturated carbocycles. The third-order valence-electron chi connectivity index (χ3n) is 4.64. The highest BCUT2D eigenvalue weighted by molar-refractivity contribution is 5.91. The van der Waals surface area contributed by atoms with Gasteiger partial charge in [-0.2, -0.15) is 13.2 Å². The molecular weight excluding hydrogens is 353 g/mol. The van der Waals surface area contributed by atoms with E-state index in [0.717, 1.165) is 42.8 Å². The fourth-order valence-electron chi connectivity index (χ4n) is 3.24. The van der Waals surface area contributed by atoms with Crippen LogP contribution in [0.5, 0.6) is 0 Å². The number of nitrogens with one attached hydrogen (secondary N) is 1. The van der Waals surface area contributed by atoms with Gasteiger partial charge in [0.1, 0.15) is 0 Å². The fraction of sp³-hybridized carbons (Fsp3) is 0.286. The summed E-state index contributed by atoms with van der Waals surface area (Å²) in [5.41, 5.74) is 1.04. The summed E-state index contributed by atoms with van der Waals surface area (Å²) in [4.78, 5) is 14.1. The van der Waals surface area contributed by atoms with Gasteiger partial charge >= 0.3 is 6.18 Å². The number of carbonyl (C=O) groups is 1. The first-order valence-corrected chi connectivity index (χ1v) is 8.88. The normalized spacial score (nSPS) is 17.4. The molecule has 0 bridgehead atoms. The third kappa shape index (κ3) is 5.12. The maximum absolute atomic E-state index is 12.7. The number of hydrogen-bond acceptors (Lipinski definition) is 2. The number of halogens is 3. The average Bonchev–Trinajstić information content (AvgIpc) is 3.13. The first kappa shape index (κ1) is 19.0. The lowest BCUT2D eigenvalue weighted by Crippen LogP contribution is -2.39. The van der Waals surface area contributed by atoms with E-state index in [0.29, 0.717) is 6.54 Å². The molecule has 0 unspecified atom stereocenters. The number of alkyl halides is 3. The zero-order valence-electron chi connectivity index (χ0n) is 14.7. The monoisotopic (exact) mass is 374 g/mol. The van der Waals surface area contributed by atoms with Gasteiger partial charge in [-0.05, 0) is 48.7 Å². The van der Waals surface area contributed by atoms with Crippen molar-refractivity contribution in [2.75, 3.05) is 18.0 Å². The Kier molecular flexibility index (Phi) is 5.84. The Labute approximate surface area is 156 Å². The number of hydrogen-bond donors (Lipinski definition) is 1. The largest absolute Gasteiger partial charge is 0.416 e. The molecule has 2 aromatic carbocycles. The van der Waals surface area contributed by atoms with Gasteiger partial charge in [-0.15, -0.1) is 0 Å². The van der Waals surface area contributed by atoms with E-state index in [4.69, 9.17) is 0 Å². The molecular formula is C21H21F3N2O. The molecule has 3 nitrogen and oxygen atoms in total. The topological polar surface area (TPSA) is 32.3 Å². The molecule has 1 amide bonds. The molecule has 1 fully saturated rings. The summed E-state index contributed by atoms with van der Waals surface area (Å²) in [6.45, 7) is 1.23. The SMILES string of the molecule is O=C(C=Cc1ccccc1)NC[C@H]1CCCN1c1ccc(C(F)(F)F)cc1. The Morgan fingerprint density at radius 3 is 2.48 bits per heavy atom. The van der Waals surface area contributed by atoms with Gasteiger partial charge in [0.2, 0.25) is 5.91 Å². The van der Waals surface area contributed by atoms with E-state index in [1.165, 1.54) is 18.2 Å². The second kappa shape index (κ2) is 8.29. The standard InChI is InChI=1S/C21H21F3N2O/c22-21(23,24)17-9-11-18(12-10-17)26-14-4-7-19(26)15-25-20(27)13-8-16-5-2-1-3-6-16/h1-3,5-6,8-13,19H,4,7,14-15H2,(H,25,27)/t19-/m1/s1. The first-order valence-electron chi connectivity index (χ1n) is 8.88. The molecule has 142 valence electrons. The summed E-state index contributed by atoms with van der Waals surface area (Å²) < 4.78 is 38.1. The maximum Gasteiger partial charge on any atom is 0.416 e. The maximum atomic E-state index is 12.7. The zero-order valence-corrected chi connectivity index (χ0v) is 14.7. The minimum atomic E-state index is -4.33. The Hall–Kier alpha value is -2.76. The number of anilines is 1. The number of amides is 1. The predicted molar refractivity (Wildman–Crippen MR) is 100 cm³/mol. The van der Waals surface area contributed by atoms with Crippen LogP contribution in [0.3, 0.4) is 0 Å². The van der Waals surface area contributed by atoms with Gasteiger partial charge in [-0.1, -0.05) is 30.3 Å². The van der Waals surface area contributed by atoms with Crippen molar-refractivity contribution in [3.63, 3.8) is 0 Å². The lowest BCUT2D eigenvalue weighted by molar-refractivity contribution is -0.137. The van der Waals surface area contributed by atoms with Gasteiger partial charge in [0, 0.05) is 30.9 Å². The summed E-state index contributed by atoms with van der Waals surface area (Å²) in [5, 5.41) is 2.88. The van der Waals surface area contributed by atoms with Crippen molar-refractivity contribution in [3.05, 3.63) is 71.8 Å². The van der Waals surface area contributed by atoms with Crippen molar-refractivity contribution < 1.29 is 18.0 Å². The molecule has 0 radical (unpaired) electrons. The second-order valence-corrected chi connectivity index (χ2v) is 6.52. The van der Waals surface area contributed by atoms with Crippen LogP contribution in [0, 0.1) is 0 Å². The van der Waals surface area contributed by atoms with Crippen LogP contribution in [0.4, 0.5) is 18.9 Å². The van der Waals surface area contributed by atoms with Crippen LogP contribution < -0.4 is 10.2 Å². The number of carbonyl (C=O) groups excluding carboxylic acids is 1. The summed E-state index contributed by atoms with van der Waals surface area (Å²) in [7, 11) is 0. The summed E-state index contributed by atoms with van der Waals surface area (Å²) in [5.74, 6) is -0.182. The number of rotatable bonds is 5. The van der Waals surface area contributed by atoms with Gasteiger partial charge in [-0.25, -0.2) is 0 Å². The van der Waals surface area contributed by atoms with E-state index in [9.17, 15) is 18.0 Å². The highest BCUT2D eigenvalue weighted by Crippen LogP contribution is 2.32. The minimum Gasteiger partial charge on any atom is -0.367 e. The van der Waals surface area contributed by atoms with Crippen molar-refractivity contribution >= 4 is 17.7 Å². The molecule has 0 spiro atoms. The van der Waals surface area contributed by atoms with E-state index in [-0.39, 0.29) is 11.9 Å². The van der Waals surface area contributed by atoms with Crippen molar-refractivity contribution in [1.82, 2.24) is 5.32 Å². The summed E-state index contributed by atoms with van der Waals surface area (Å²) >= 11 is 0. The molecule has 27 heavy (non-hydrogen) atoms. The van der Waals surface area contributed by atoms with Gasteiger partial charge in [0.05, 0.1) is 5.56 Å². The molecule has 2 aromatic rings. The van der Waals surface area contributed by atoms with E-state index >= 15 is 0 Å². The van der Waals surface area contributed by atoms with E-state index < -0.39 is 11.7 Å². The third-order valence-corrected chi connectivity index (χ3v) is 4.64. The quantitative estimate of drug-likeness (QED) is 0.782. The number of benzene rings is 2. The van der Waals surface area contributed by atoms with Gasteiger partial charge in [-0.3, -0.25) is 4.79 Å². The van der Waals surface area contributed by atoms with Crippen molar-refractivity contribution in [2.24, 2.45) is 0 Å². The van der Waals surface area contributed by atoms with Crippen molar-refractivity contribution in [3.8, 4) is 0 Å². The molecule has 3 rings (SSSR count). The molecule has 1 aliphatic heterocycles. The highest BCUT2D eigenvalue weighted by Gasteiger charge is 2.31. The van der Waals surface area contributed by atoms with Gasteiger partial charge in [0.15, 0.2) is 0 Å². The average molecular weight is 374 g/mol. The van der Waals surface area contributed by atoms with E-state index in [1.807, 2.05) is 30.3 Å². The molecule has 1 heterocycles. The van der Waals surface area contributed by atoms with Crippen molar-refractivity contribution in [1.29, 1.82) is 0 Å². The summed E-state index contributed by atoms with van der Waals surface area (Å²) in [6, 6.07) is 14.8. The zero-order chi connectivity index (χ0) is 19.3. The Bertz CT molecular complexity index is 785. The summed E-state index contributed by atoms with van der Waals surface area (Å²) in [6.07, 6.45) is 0.748. The van der Waals surface area contributed by atoms with Crippen LogP contribution >= 0.6 is 0 Å². The Balaban J connectivity index is 1.57. The Morgan fingerprint density at radius 1 is 1.11 bits per heavy atom. The molecule has 1 aliphatic rings. The van der Waals surface area contributed by atoms with Crippen LogP contribution in [0.15, 0.2) is 60.7 Å². The molecule has 1 atom stereocenters. The minimum absolute atomic E-state index is 0.0795. The van der Waals surface area contributed by atoms with E-state index in [1.54, 1.807) is 6.08 Å². The molecule has 1 saturated heterocycles. The van der Waals surface area contributed by atoms with Gasteiger partial charge < -0.3 is 10.2 Å². The number of nitrogens with zero attached hydrogens (tertiary/aromatic N) is 1. The molecule has 6 heteroatoms. The van der Waals surface area contributed by atoms with Crippen molar-refractivity contribution in [2.45, 2.75) is 25.1 Å². The smallest absolute Gasteiger partial charge is 0.367 e. The lowest BCUT2D eigenvalue weighted by atomic mass is 10.1. The lowest BCUT2D eigenvalue weighted by Gasteiger charge is -2.27. The van der Waals surface area contributed by atoms with Crippen LogP contribution in [0.1, 0.15) is 24.0 Å². The van der Waals surface area contributed by atoms with Crippen LogP contribution in [-0.2, 0) is 11.0 Å². The second-order valence-electron chi connectivity index (χ2n) is 6.52. The van der Waals surface area contributed by atoms with Crippen LogP contribution in [0.2, 0.25) is 0 Å². The highest BCUT2D eigenvalue weighted by atomic mass is 19.4. The first-order chi connectivity index (χ1) is 12.9. The van der Waals surface area contributed by atoms with E-state index in [2.05, 4.69) is 10.2 Å². The van der Waals surface area contributed by atoms with Crippen LogP contribution in [0.25, 0.3) is 6.08 Å². The molecule has 1 N–H and O–H groups in total. The van der Waals surface area contributed by atoms with Crippen LogP contribution in [-0.4, -0.2) is 25.0 Å². The fourth-order valence-corrected chi connectivity index (χ4v) is 3.24. The molecule has 0 aliphatic carbocycles. The Morgan fingerprint density at radius 2 is 1.81 bits per heavy atom. The van der Waals surface area contributed by atoms with Gasteiger partial charge in [0.25, 0.3) is 0 Å². The molecule has 0 aromatic heterocycles. The predicted octanol–water partition coefficient (Wildman–Crippen LogP) is 4.50.